The molecule has 19 heavy (non-hydrogen) atoms. The first-order valence-corrected chi connectivity index (χ1v) is 7.67. The number of hydrogen-bond donors (Lipinski definition) is 3. The number of carbonyl (C=O) groups excluding carboxylic acids is 1. The molecule has 6 nitrogen and oxygen atoms in total. The fourth-order valence-electron chi connectivity index (χ4n) is 1.41. The summed E-state index contributed by atoms with van der Waals surface area (Å²) in [6, 6.07) is 6.52. The fourth-order valence-corrected chi connectivity index (χ4v) is 2.06. The van der Waals surface area contributed by atoms with Crippen LogP contribution < -0.4 is 15.4 Å². The lowest BCUT2D eigenvalue weighted by atomic mass is 10.1. The van der Waals surface area contributed by atoms with Crippen LogP contribution in [0, 0.1) is 0 Å². The maximum atomic E-state index is 11.9. The Hall–Kier alpha value is -1.60. The van der Waals surface area contributed by atoms with Crippen LogP contribution in [0.3, 0.4) is 0 Å². The van der Waals surface area contributed by atoms with Gasteiger partial charge in [-0.2, -0.15) is 0 Å². The molecule has 7 heteroatoms. The van der Waals surface area contributed by atoms with E-state index in [2.05, 4.69) is 15.4 Å². The van der Waals surface area contributed by atoms with Crippen LogP contribution in [0.25, 0.3) is 0 Å². The Kier molecular flexibility index (Phi) is 5.78. The normalized spacial score (nSPS) is 11.1. The molecule has 1 amide bonds. The van der Waals surface area contributed by atoms with Crippen molar-refractivity contribution in [3.8, 4) is 0 Å². The van der Waals surface area contributed by atoms with Crippen LogP contribution in [0.1, 0.15) is 17.3 Å². The van der Waals surface area contributed by atoms with E-state index in [9.17, 15) is 13.2 Å². The number of carbonyl (C=O) groups is 1. The van der Waals surface area contributed by atoms with Crippen molar-refractivity contribution < 1.29 is 13.2 Å². The minimum atomic E-state index is -3.40. The van der Waals surface area contributed by atoms with Gasteiger partial charge in [-0.05, 0) is 26.1 Å². The van der Waals surface area contributed by atoms with E-state index in [0.717, 1.165) is 0 Å². The number of likely N-dealkylation sites (N-methyl/N-ethyl adjacent to an activating group) is 1. The van der Waals surface area contributed by atoms with Gasteiger partial charge in [-0.25, -0.2) is 8.42 Å². The van der Waals surface area contributed by atoms with Crippen molar-refractivity contribution in [2.75, 3.05) is 30.6 Å². The lowest BCUT2D eigenvalue weighted by Crippen LogP contribution is -2.31. The molecule has 0 heterocycles. The monoisotopic (exact) mass is 285 g/mol. The Balaban J connectivity index is 2.87. The van der Waals surface area contributed by atoms with Gasteiger partial charge in [0.05, 0.1) is 17.0 Å². The molecule has 0 unspecified atom stereocenters. The van der Waals surface area contributed by atoms with Gasteiger partial charge < -0.3 is 10.6 Å². The molecule has 0 aliphatic heterocycles. The van der Waals surface area contributed by atoms with E-state index < -0.39 is 10.0 Å². The fraction of sp³-hybridized carbons (Fsp3) is 0.417. The summed E-state index contributed by atoms with van der Waals surface area (Å²) >= 11 is 0. The highest BCUT2D eigenvalue weighted by molar-refractivity contribution is 7.92. The van der Waals surface area contributed by atoms with Gasteiger partial charge in [-0.1, -0.05) is 12.1 Å². The minimum absolute atomic E-state index is 0.0390. The average molecular weight is 285 g/mol. The molecular weight excluding hydrogens is 266 g/mol. The largest absolute Gasteiger partial charge is 0.351 e. The van der Waals surface area contributed by atoms with E-state index in [1.54, 1.807) is 31.3 Å². The molecule has 0 bridgehead atoms. The second-order valence-electron chi connectivity index (χ2n) is 3.91. The number of para-hydroxylation sites is 1. The van der Waals surface area contributed by atoms with Crippen molar-refractivity contribution in [1.29, 1.82) is 0 Å². The summed E-state index contributed by atoms with van der Waals surface area (Å²) in [6.07, 6.45) is 0. The predicted octanol–water partition coefficient (Wildman–Crippen LogP) is 0.397. The molecule has 3 N–H and O–H groups in total. The lowest BCUT2D eigenvalue weighted by molar-refractivity contribution is 0.0955. The van der Waals surface area contributed by atoms with Crippen molar-refractivity contribution in [2.24, 2.45) is 0 Å². The molecule has 0 saturated heterocycles. The molecule has 1 aromatic rings. The number of anilines is 1. The maximum absolute atomic E-state index is 11.9. The Morgan fingerprint density at radius 2 is 1.89 bits per heavy atom. The van der Waals surface area contributed by atoms with Crippen LogP contribution in [0.15, 0.2) is 24.3 Å². The number of benzene rings is 1. The average Bonchev–Trinajstić information content (AvgIpc) is 2.39. The SMILES string of the molecule is CCS(=O)(=O)Nc1ccccc1C(=O)NCCNC. The van der Waals surface area contributed by atoms with Crippen LogP contribution in [0.2, 0.25) is 0 Å². The van der Waals surface area contributed by atoms with Crippen molar-refractivity contribution in [3.05, 3.63) is 29.8 Å². The van der Waals surface area contributed by atoms with Gasteiger partial charge in [0.25, 0.3) is 5.91 Å². The summed E-state index contributed by atoms with van der Waals surface area (Å²) in [4.78, 5) is 11.9. The van der Waals surface area contributed by atoms with E-state index in [0.29, 0.717) is 24.3 Å². The first-order chi connectivity index (χ1) is 9.00. The summed E-state index contributed by atoms with van der Waals surface area (Å²) in [5.74, 6) is -0.340. The van der Waals surface area contributed by atoms with Crippen LogP contribution in [-0.2, 0) is 10.0 Å². The third kappa shape index (κ3) is 4.88. The highest BCUT2D eigenvalue weighted by Crippen LogP contribution is 2.16. The molecule has 0 saturated carbocycles. The van der Waals surface area contributed by atoms with Gasteiger partial charge in [0, 0.05) is 13.1 Å². The van der Waals surface area contributed by atoms with Crippen molar-refractivity contribution in [2.45, 2.75) is 6.92 Å². The Morgan fingerprint density at radius 3 is 2.53 bits per heavy atom. The maximum Gasteiger partial charge on any atom is 0.253 e. The minimum Gasteiger partial charge on any atom is -0.351 e. The van der Waals surface area contributed by atoms with Gasteiger partial charge in [-0.3, -0.25) is 9.52 Å². The molecule has 106 valence electrons. The van der Waals surface area contributed by atoms with Crippen molar-refractivity contribution in [3.63, 3.8) is 0 Å². The van der Waals surface area contributed by atoms with E-state index >= 15 is 0 Å². The van der Waals surface area contributed by atoms with E-state index in [-0.39, 0.29) is 11.7 Å². The predicted molar refractivity (Wildman–Crippen MR) is 75.8 cm³/mol. The second kappa shape index (κ2) is 7.10. The number of rotatable bonds is 7. The van der Waals surface area contributed by atoms with E-state index in [1.807, 2.05) is 0 Å². The molecule has 0 fully saturated rings. The van der Waals surface area contributed by atoms with Gasteiger partial charge >= 0.3 is 0 Å². The summed E-state index contributed by atoms with van der Waals surface area (Å²) in [5, 5.41) is 5.62. The van der Waals surface area contributed by atoms with Crippen molar-refractivity contribution >= 4 is 21.6 Å². The quantitative estimate of drug-likeness (QED) is 0.633. The third-order valence-electron chi connectivity index (χ3n) is 2.48. The Bertz CT molecular complexity index is 529. The Labute approximate surface area is 113 Å². The van der Waals surface area contributed by atoms with Crippen LogP contribution >= 0.6 is 0 Å². The summed E-state index contributed by atoms with van der Waals surface area (Å²) in [7, 11) is -1.61. The summed E-state index contributed by atoms with van der Waals surface area (Å²) < 4.78 is 25.5. The number of amides is 1. The van der Waals surface area contributed by atoms with Crippen LogP contribution in [0.4, 0.5) is 5.69 Å². The molecule has 0 aromatic heterocycles. The Morgan fingerprint density at radius 1 is 1.21 bits per heavy atom. The molecule has 0 atom stereocenters. The lowest BCUT2D eigenvalue weighted by Gasteiger charge is -2.11. The molecule has 1 rings (SSSR count). The first kappa shape index (κ1) is 15.5. The summed E-state index contributed by atoms with van der Waals surface area (Å²) in [6.45, 7) is 2.66. The molecule has 0 aliphatic carbocycles. The number of hydrogen-bond acceptors (Lipinski definition) is 4. The zero-order valence-corrected chi connectivity index (χ0v) is 11.9. The standard InChI is InChI=1S/C12H19N3O3S/c1-3-19(17,18)15-11-7-5-4-6-10(11)12(16)14-9-8-13-2/h4-7,13,15H,3,8-9H2,1-2H3,(H,14,16). The van der Waals surface area contributed by atoms with E-state index in [1.165, 1.54) is 6.92 Å². The second-order valence-corrected chi connectivity index (χ2v) is 5.92. The van der Waals surface area contributed by atoms with Gasteiger partial charge in [0.1, 0.15) is 0 Å². The number of nitrogens with one attached hydrogen (secondary N) is 3. The third-order valence-corrected chi connectivity index (χ3v) is 3.77. The van der Waals surface area contributed by atoms with E-state index in [4.69, 9.17) is 0 Å². The first-order valence-electron chi connectivity index (χ1n) is 6.02. The molecule has 0 radical (unpaired) electrons. The van der Waals surface area contributed by atoms with Gasteiger partial charge in [0.2, 0.25) is 10.0 Å². The molecule has 0 aliphatic rings. The van der Waals surface area contributed by atoms with Gasteiger partial charge in [-0.15, -0.1) is 0 Å². The summed E-state index contributed by atoms with van der Waals surface area (Å²) in [5.41, 5.74) is 0.613. The number of sulfonamides is 1. The molecular formula is C12H19N3O3S. The zero-order chi connectivity index (χ0) is 14.3. The highest BCUT2D eigenvalue weighted by Gasteiger charge is 2.14. The van der Waals surface area contributed by atoms with Crippen LogP contribution in [0.5, 0.6) is 0 Å². The molecule has 1 aromatic carbocycles. The van der Waals surface area contributed by atoms with Gasteiger partial charge in [0.15, 0.2) is 0 Å². The highest BCUT2D eigenvalue weighted by atomic mass is 32.2. The smallest absolute Gasteiger partial charge is 0.253 e. The molecule has 0 spiro atoms. The van der Waals surface area contributed by atoms with Crippen LogP contribution in [-0.4, -0.2) is 40.2 Å². The topological polar surface area (TPSA) is 87.3 Å². The van der Waals surface area contributed by atoms with Crippen molar-refractivity contribution in [1.82, 2.24) is 10.6 Å². The zero-order valence-electron chi connectivity index (χ0n) is 11.1.